The molecule has 0 bridgehead atoms. The largest absolute Gasteiger partial charge is 0.369 e. The Morgan fingerprint density at radius 3 is 2.61 bits per heavy atom. The summed E-state index contributed by atoms with van der Waals surface area (Å²) < 4.78 is 1.60. The smallest absolute Gasteiger partial charge is 0.266 e. The maximum atomic E-state index is 14.1. The number of aromatic nitrogens is 5. The lowest BCUT2D eigenvalue weighted by Crippen LogP contribution is -2.27. The van der Waals surface area contributed by atoms with Gasteiger partial charge in [-0.3, -0.25) is 14.3 Å². The van der Waals surface area contributed by atoms with Crippen LogP contribution >= 0.6 is 0 Å². The molecule has 3 N–H and O–H groups in total. The fourth-order valence-electron chi connectivity index (χ4n) is 4.16. The molecular formula is C27H22N8O. The topological polar surface area (TPSA) is 116 Å². The highest BCUT2D eigenvalue weighted by Crippen LogP contribution is 2.30. The van der Waals surface area contributed by atoms with E-state index < -0.39 is 6.04 Å². The van der Waals surface area contributed by atoms with Gasteiger partial charge >= 0.3 is 0 Å². The zero-order chi connectivity index (χ0) is 25.2. The van der Waals surface area contributed by atoms with Gasteiger partial charge in [0.1, 0.15) is 11.6 Å². The van der Waals surface area contributed by atoms with Crippen molar-refractivity contribution >= 4 is 28.4 Å². The third-order valence-electron chi connectivity index (χ3n) is 5.79. The predicted octanol–water partition coefficient (Wildman–Crippen LogP) is 4.85. The summed E-state index contributed by atoms with van der Waals surface area (Å²) in [5.41, 5.74) is 9.55. The Hall–Kier alpha value is -5.10. The Bertz CT molecular complexity index is 1690. The Morgan fingerprint density at radius 2 is 1.86 bits per heavy atom. The number of aryl methyl sites for hydroxylation is 1. The van der Waals surface area contributed by atoms with Crippen molar-refractivity contribution < 1.29 is 0 Å². The quantitative estimate of drug-likeness (QED) is 0.350. The van der Waals surface area contributed by atoms with Crippen LogP contribution in [0.4, 0.5) is 17.5 Å². The Morgan fingerprint density at radius 1 is 1.06 bits per heavy atom. The van der Waals surface area contributed by atoms with Crippen LogP contribution in [-0.2, 0) is 0 Å². The van der Waals surface area contributed by atoms with E-state index in [4.69, 9.17) is 17.3 Å². The summed E-state index contributed by atoms with van der Waals surface area (Å²) >= 11 is 0. The molecule has 2 aromatic carbocycles. The van der Waals surface area contributed by atoms with Crippen molar-refractivity contribution in [2.75, 3.05) is 11.1 Å². The number of anilines is 2. The second-order valence-electron chi connectivity index (χ2n) is 8.27. The number of fused-ring (bicyclic) bond motifs is 1. The van der Waals surface area contributed by atoms with E-state index >= 15 is 0 Å². The van der Waals surface area contributed by atoms with Crippen LogP contribution in [0.5, 0.6) is 0 Å². The summed E-state index contributed by atoms with van der Waals surface area (Å²) in [7, 11) is 0. The molecule has 0 aliphatic heterocycles. The first-order chi connectivity index (χ1) is 17.5. The number of nitrogen functional groups attached to an aromatic ring is 1. The molecule has 5 aromatic rings. The van der Waals surface area contributed by atoms with Gasteiger partial charge in [-0.1, -0.05) is 30.3 Å². The lowest BCUT2D eigenvalue weighted by Gasteiger charge is -2.21. The van der Waals surface area contributed by atoms with E-state index in [1.807, 2.05) is 74.5 Å². The van der Waals surface area contributed by atoms with Crippen molar-refractivity contribution in [1.82, 2.24) is 24.5 Å². The van der Waals surface area contributed by atoms with Gasteiger partial charge in [0.05, 0.1) is 29.2 Å². The molecule has 1 atom stereocenters. The van der Waals surface area contributed by atoms with Crippen LogP contribution < -0.4 is 16.6 Å². The lowest BCUT2D eigenvalue weighted by atomic mass is 10.0. The summed E-state index contributed by atoms with van der Waals surface area (Å²) in [5, 5.41) is 3.71. The highest BCUT2D eigenvalue weighted by molar-refractivity contribution is 5.94. The summed E-state index contributed by atoms with van der Waals surface area (Å²) in [6.07, 6.45) is 3.10. The number of rotatable bonds is 5. The van der Waals surface area contributed by atoms with Gasteiger partial charge in [0.2, 0.25) is 11.6 Å². The summed E-state index contributed by atoms with van der Waals surface area (Å²) in [4.78, 5) is 34.9. The number of nitrogens with one attached hydrogen (secondary N) is 1. The van der Waals surface area contributed by atoms with Crippen molar-refractivity contribution in [3.63, 3.8) is 0 Å². The van der Waals surface area contributed by atoms with Gasteiger partial charge in [0, 0.05) is 18.1 Å². The fourth-order valence-corrected chi connectivity index (χ4v) is 4.16. The van der Waals surface area contributed by atoms with Crippen molar-refractivity contribution in [3.05, 3.63) is 106 Å². The summed E-state index contributed by atoms with van der Waals surface area (Å²) in [6.45, 7) is 11.2. The predicted molar refractivity (Wildman–Crippen MR) is 140 cm³/mol. The summed E-state index contributed by atoms with van der Waals surface area (Å²) in [5.74, 6) is 0.788. The molecule has 176 valence electrons. The molecule has 0 aliphatic carbocycles. The Kier molecular flexibility index (Phi) is 5.84. The van der Waals surface area contributed by atoms with E-state index in [1.54, 1.807) is 10.8 Å². The first-order valence-corrected chi connectivity index (χ1v) is 11.3. The van der Waals surface area contributed by atoms with Gasteiger partial charge in [-0.15, -0.1) is 0 Å². The van der Waals surface area contributed by atoms with Crippen LogP contribution in [-0.4, -0.2) is 24.5 Å². The molecule has 0 amide bonds. The molecule has 0 unspecified atom stereocenters. The van der Waals surface area contributed by atoms with Crippen molar-refractivity contribution in [1.29, 1.82) is 0 Å². The van der Waals surface area contributed by atoms with Gasteiger partial charge in [0.25, 0.3) is 5.56 Å². The van der Waals surface area contributed by atoms with E-state index in [-0.39, 0.29) is 23.0 Å². The molecule has 0 aliphatic rings. The number of pyridine rings is 1. The standard InChI is InChI=1S/C27H22N8O/c1-16-14-18(12-13-30-16)20-10-7-11-21-23(20)26(36)35(19-8-5-4-6-9-19)25(33-21)17(2)32-24-22(29-3)15-31-27(28)34-24/h4-15,17H,1-2H3,(H3,28,31,32,34)/t17-/m0/s1. The molecule has 0 fully saturated rings. The van der Waals surface area contributed by atoms with Crippen LogP contribution in [0.3, 0.4) is 0 Å². The molecular weight excluding hydrogens is 452 g/mol. The van der Waals surface area contributed by atoms with Crippen molar-refractivity contribution in [2.24, 2.45) is 0 Å². The highest BCUT2D eigenvalue weighted by atomic mass is 16.1. The Labute approximate surface area is 207 Å². The van der Waals surface area contributed by atoms with Crippen LogP contribution in [0.15, 0.2) is 77.9 Å². The zero-order valence-electron chi connectivity index (χ0n) is 19.7. The van der Waals surface area contributed by atoms with E-state index in [1.165, 1.54) is 6.20 Å². The van der Waals surface area contributed by atoms with Gasteiger partial charge in [0.15, 0.2) is 0 Å². The number of nitrogens with two attached hydrogens (primary N) is 1. The number of benzene rings is 2. The minimum Gasteiger partial charge on any atom is -0.369 e. The molecule has 9 heteroatoms. The fraction of sp³-hybridized carbons (Fsp3) is 0.111. The normalized spacial score (nSPS) is 11.7. The first-order valence-electron chi connectivity index (χ1n) is 11.3. The minimum atomic E-state index is -0.496. The number of nitrogens with zero attached hydrogens (tertiary/aromatic N) is 6. The summed E-state index contributed by atoms with van der Waals surface area (Å²) in [6, 6.07) is 18.3. The second kappa shape index (κ2) is 9.27. The van der Waals surface area contributed by atoms with E-state index in [2.05, 4.69) is 25.1 Å². The monoisotopic (exact) mass is 474 g/mol. The molecule has 0 saturated carbocycles. The molecule has 0 saturated heterocycles. The van der Waals surface area contributed by atoms with Gasteiger partial charge in [-0.05, 0) is 55.3 Å². The van der Waals surface area contributed by atoms with Crippen molar-refractivity contribution in [2.45, 2.75) is 19.9 Å². The number of hydrogen-bond donors (Lipinski definition) is 2. The maximum absolute atomic E-state index is 14.1. The second-order valence-corrected chi connectivity index (χ2v) is 8.27. The maximum Gasteiger partial charge on any atom is 0.266 e. The third-order valence-corrected chi connectivity index (χ3v) is 5.79. The van der Waals surface area contributed by atoms with E-state index in [9.17, 15) is 4.79 Å². The van der Waals surface area contributed by atoms with Crippen LogP contribution in [0.25, 0.3) is 32.6 Å². The average Bonchev–Trinajstić information content (AvgIpc) is 2.89. The number of para-hydroxylation sites is 1. The highest BCUT2D eigenvalue weighted by Gasteiger charge is 2.21. The average molecular weight is 475 g/mol. The molecule has 5 rings (SSSR count). The van der Waals surface area contributed by atoms with Crippen LogP contribution in [0.1, 0.15) is 24.5 Å². The molecule has 3 heterocycles. The van der Waals surface area contributed by atoms with Crippen molar-refractivity contribution in [3.8, 4) is 16.8 Å². The molecule has 36 heavy (non-hydrogen) atoms. The van der Waals surface area contributed by atoms with Gasteiger partial charge in [-0.25, -0.2) is 19.8 Å². The van der Waals surface area contributed by atoms with Crippen LogP contribution in [0, 0.1) is 13.5 Å². The molecule has 0 radical (unpaired) electrons. The van der Waals surface area contributed by atoms with Gasteiger partial charge < -0.3 is 11.1 Å². The minimum absolute atomic E-state index is 0.0429. The van der Waals surface area contributed by atoms with E-state index in [0.29, 0.717) is 22.4 Å². The molecule has 0 spiro atoms. The van der Waals surface area contributed by atoms with Crippen LogP contribution in [0.2, 0.25) is 0 Å². The van der Waals surface area contributed by atoms with E-state index in [0.717, 1.165) is 16.8 Å². The Balaban J connectivity index is 1.75. The molecule has 3 aromatic heterocycles. The third kappa shape index (κ3) is 4.12. The first kappa shape index (κ1) is 22.7. The zero-order valence-corrected chi connectivity index (χ0v) is 19.7. The number of hydrogen-bond acceptors (Lipinski definition) is 7. The SMILES string of the molecule is [C-]#[N+]c1cnc(N)nc1N[C@@H](C)c1nc2cccc(-c3ccnc(C)c3)c2c(=O)n1-c1ccccc1. The lowest BCUT2D eigenvalue weighted by molar-refractivity contribution is 0.731. The molecule has 9 nitrogen and oxygen atoms in total. The van der Waals surface area contributed by atoms with Gasteiger partial charge in [-0.2, -0.15) is 0 Å².